The van der Waals surface area contributed by atoms with Crippen LogP contribution in [0.1, 0.15) is 32.0 Å². The van der Waals surface area contributed by atoms with E-state index in [1.54, 1.807) is 4.68 Å². The molecule has 4 nitrogen and oxygen atoms in total. The summed E-state index contributed by atoms with van der Waals surface area (Å²) in [5.74, 6) is 0. The second-order valence-electron chi connectivity index (χ2n) is 5.88. The first kappa shape index (κ1) is 13.5. The van der Waals surface area contributed by atoms with Crippen LogP contribution in [0.15, 0.2) is 35.1 Å². The van der Waals surface area contributed by atoms with Gasteiger partial charge >= 0.3 is 0 Å². The summed E-state index contributed by atoms with van der Waals surface area (Å²) in [6.45, 7) is 6.72. The number of benzene rings is 1. The van der Waals surface area contributed by atoms with Crippen molar-refractivity contribution in [3.8, 4) is 0 Å². The number of anilines is 1. The minimum atomic E-state index is -0.153. The van der Waals surface area contributed by atoms with Crippen LogP contribution in [-0.4, -0.2) is 9.36 Å². The van der Waals surface area contributed by atoms with Crippen LogP contribution in [0.25, 0.3) is 0 Å². The molecule has 0 unspecified atom stereocenters. The lowest BCUT2D eigenvalue weighted by Crippen LogP contribution is -2.24. The second kappa shape index (κ2) is 4.61. The van der Waals surface area contributed by atoms with Gasteiger partial charge in [0.15, 0.2) is 0 Å². The number of hydrogen-bond donors (Lipinski definition) is 1. The molecule has 0 saturated heterocycles. The van der Waals surface area contributed by atoms with Crippen LogP contribution in [0.5, 0.6) is 0 Å². The van der Waals surface area contributed by atoms with Crippen LogP contribution >= 0.6 is 0 Å². The number of hydrogen-bond acceptors (Lipinski definition) is 2. The Kier molecular flexibility index (Phi) is 3.27. The average molecular weight is 259 g/mol. The van der Waals surface area contributed by atoms with Crippen molar-refractivity contribution in [2.45, 2.75) is 32.7 Å². The van der Waals surface area contributed by atoms with Gasteiger partial charge in [0.05, 0.1) is 12.2 Å². The summed E-state index contributed by atoms with van der Waals surface area (Å²) in [5.41, 5.74) is 8.05. The van der Waals surface area contributed by atoms with Gasteiger partial charge in [-0.2, -0.15) is 0 Å². The SMILES string of the molecule is Cn1c(C(C)(C)C)c(N)c(=O)n1Cc1ccccc1. The molecule has 0 saturated carbocycles. The van der Waals surface area contributed by atoms with E-state index < -0.39 is 0 Å². The number of nitrogens with zero attached hydrogens (tertiary/aromatic N) is 2. The molecule has 1 aromatic carbocycles. The zero-order chi connectivity index (χ0) is 14.2. The normalized spacial score (nSPS) is 11.8. The van der Waals surface area contributed by atoms with E-state index in [1.165, 1.54) is 0 Å². The highest BCUT2D eigenvalue weighted by Crippen LogP contribution is 2.25. The maximum absolute atomic E-state index is 12.3. The molecule has 2 N–H and O–H groups in total. The molecule has 1 aromatic heterocycles. The zero-order valence-corrected chi connectivity index (χ0v) is 12.0. The second-order valence-corrected chi connectivity index (χ2v) is 5.88. The molecule has 19 heavy (non-hydrogen) atoms. The van der Waals surface area contributed by atoms with Gasteiger partial charge in [0.1, 0.15) is 5.69 Å². The van der Waals surface area contributed by atoms with Crippen LogP contribution in [0, 0.1) is 0 Å². The molecule has 102 valence electrons. The van der Waals surface area contributed by atoms with Gasteiger partial charge in [-0.3, -0.25) is 9.48 Å². The molecule has 0 spiro atoms. The molecular weight excluding hydrogens is 238 g/mol. The topological polar surface area (TPSA) is 52.9 Å². The molecule has 0 aliphatic carbocycles. The van der Waals surface area contributed by atoms with E-state index in [1.807, 2.05) is 42.1 Å². The standard InChI is InChI=1S/C15H21N3O/c1-15(2,3)13-12(16)14(19)18(17(13)4)10-11-8-6-5-7-9-11/h5-9H,10,16H2,1-4H3. The highest BCUT2D eigenvalue weighted by Gasteiger charge is 2.25. The summed E-state index contributed by atoms with van der Waals surface area (Å²) in [7, 11) is 1.89. The van der Waals surface area contributed by atoms with Gasteiger partial charge in [0, 0.05) is 12.5 Å². The van der Waals surface area contributed by atoms with E-state index in [2.05, 4.69) is 20.8 Å². The fourth-order valence-corrected chi connectivity index (χ4v) is 2.50. The van der Waals surface area contributed by atoms with Crippen molar-refractivity contribution in [2.75, 3.05) is 5.73 Å². The summed E-state index contributed by atoms with van der Waals surface area (Å²) >= 11 is 0. The first-order chi connectivity index (χ1) is 8.82. The summed E-state index contributed by atoms with van der Waals surface area (Å²) in [4.78, 5) is 12.3. The Labute approximate surface area is 113 Å². The van der Waals surface area contributed by atoms with E-state index >= 15 is 0 Å². The number of nitrogen functional groups attached to an aromatic ring is 1. The number of aromatic nitrogens is 2. The number of rotatable bonds is 2. The van der Waals surface area contributed by atoms with E-state index in [9.17, 15) is 4.79 Å². The summed E-state index contributed by atoms with van der Waals surface area (Å²) in [6.07, 6.45) is 0. The largest absolute Gasteiger partial charge is 0.393 e. The van der Waals surface area contributed by atoms with Crippen molar-refractivity contribution >= 4 is 5.69 Å². The Morgan fingerprint density at radius 2 is 1.74 bits per heavy atom. The molecule has 0 atom stereocenters. The van der Waals surface area contributed by atoms with Crippen molar-refractivity contribution < 1.29 is 0 Å². The van der Waals surface area contributed by atoms with Crippen LogP contribution in [0.2, 0.25) is 0 Å². The van der Waals surface area contributed by atoms with Crippen molar-refractivity contribution in [3.63, 3.8) is 0 Å². The third-order valence-electron chi connectivity index (χ3n) is 3.29. The third kappa shape index (κ3) is 2.43. The van der Waals surface area contributed by atoms with Crippen molar-refractivity contribution in [1.82, 2.24) is 9.36 Å². The Morgan fingerprint density at radius 3 is 2.21 bits per heavy atom. The quantitative estimate of drug-likeness (QED) is 0.898. The molecular formula is C15H21N3O. The van der Waals surface area contributed by atoms with Gasteiger partial charge < -0.3 is 5.73 Å². The van der Waals surface area contributed by atoms with Gasteiger partial charge in [0.25, 0.3) is 5.56 Å². The zero-order valence-electron chi connectivity index (χ0n) is 12.0. The van der Waals surface area contributed by atoms with E-state index in [0.717, 1.165) is 11.3 Å². The molecule has 2 rings (SSSR count). The first-order valence-corrected chi connectivity index (χ1v) is 6.42. The first-order valence-electron chi connectivity index (χ1n) is 6.42. The minimum Gasteiger partial charge on any atom is -0.393 e. The maximum Gasteiger partial charge on any atom is 0.290 e. The van der Waals surface area contributed by atoms with Crippen LogP contribution in [-0.2, 0) is 19.0 Å². The lowest BCUT2D eigenvalue weighted by Gasteiger charge is -2.21. The van der Waals surface area contributed by atoms with E-state index in [-0.39, 0.29) is 11.0 Å². The third-order valence-corrected chi connectivity index (χ3v) is 3.29. The lowest BCUT2D eigenvalue weighted by atomic mass is 9.91. The van der Waals surface area contributed by atoms with Crippen LogP contribution in [0.3, 0.4) is 0 Å². The Balaban J connectivity index is 2.52. The molecule has 0 fully saturated rings. The molecule has 0 radical (unpaired) electrons. The van der Waals surface area contributed by atoms with Crippen molar-refractivity contribution in [1.29, 1.82) is 0 Å². The average Bonchev–Trinajstić information content (AvgIpc) is 2.54. The maximum atomic E-state index is 12.3. The van der Waals surface area contributed by atoms with Crippen LogP contribution < -0.4 is 11.3 Å². The van der Waals surface area contributed by atoms with Gasteiger partial charge in [0.2, 0.25) is 0 Å². The molecule has 4 heteroatoms. The van der Waals surface area contributed by atoms with E-state index in [0.29, 0.717) is 12.2 Å². The van der Waals surface area contributed by atoms with Gasteiger partial charge in [-0.25, -0.2) is 4.68 Å². The minimum absolute atomic E-state index is 0.115. The predicted octanol–water partition coefficient (Wildman–Crippen LogP) is 2.11. The van der Waals surface area contributed by atoms with Crippen LogP contribution in [0.4, 0.5) is 5.69 Å². The van der Waals surface area contributed by atoms with Gasteiger partial charge in [-0.05, 0) is 5.56 Å². The summed E-state index contributed by atoms with van der Waals surface area (Å²) < 4.78 is 3.57. The molecule has 1 heterocycles. The summed E-state index contributed by atoms with van der Waals surface area (Å²) in [6, 6.07) is 9.92. The molecule has 2 aromatic rings. The smallest absolute Gasteiger partial charge is 0.290 e. The number of nitrogens with two attached hydrogens (primary N) is 1. The Hall–Kier alpha value is -1.97. The predicted molar refractivity (Wildman–Crippen MR) is 78.3 cm³/mol. The monoisotopic (exact) mass is 259 g/mol. The van der Waals surface area contributed by atoms with Gasteiger partial charge in [-0.15, -0.1) is 0 Å². The highest BCUT2D eigenvalue weighted by atomic mass is 16.1. The highest BCUT2D eigenvalue weighted by molar-refractivity contribution is 5.45. The van der Waals surface area contributed by atoms with Gasteiger partial charge in [-0.1, -0.05) is 51.1 Å². The molecule has 0 bridgehead atoms. The molecule has 0 amide bonds. The van der Waals surface area contributed by atoms with E-state index in [4.69, 9.17) is 5.73 Å². The molecule has 0 aliphatic rings. The van der Waals surface area contributed by atoms with Crippen molar-refractivity contribution in [3.05, 3.63) is 51.9 Å². The molecule has 0 aliphatic heterocycles. The fraction of sp³-hybridized carbons (Fsp3) is 0.400. The fourth-order valence-electron chi connectivity index (χ4n) is 2.50. The Bertz CT molecular complexity index is 630. The summed E-state index contributed by atoms with van der Waals surface area (Å²) in [5, 5.41) is 0. The lowest BCUT2D eigenvalue weighted by molar-refractivity contribution is 0.461. The van der Waals surface area contributed by atoms with Crippen molar-refractivity contribution in [2.24, 2.45) is 7.05 Å². The Morgan fingerprint density at radius 1 is 1.16 bits per heavy atom.